The zero-order valence-corrected chi connectivity index (χ0v) is 6.45. The van der Waals surface area contributed by atoms with Crippen LogP contribution in [0.15, 0.2) is 24.4 Å². The first-order valence-corrected chi connectivity index (χ1v) is 3.82. The Morgan fingerprint density at radius 3 is 2.67 bits per heavy atom. The molecule has 0 saturated heterocycles. The second-order valence-corrected chi connectivity index (χ2v) is 3.56. The van der Waals surface area contributed by atoms with Gasteiger partial charge in [0.25, 0.3) is 0 Å². The third kappa shape index (κ3) is 1.67. The molecule has 1 rings (SSSR count). The highest BCUT2D eigenvalue weighted by molar-refractivity contribution is 8.10. The lowest BCUT2D eigenvalue weighted by atomic mass is 10.4. The average Bonchev–Trinajstić information content (AvgIpc) is 1.90. The van der Waals surface area contributed by atoms with Gasteiger partial charge in [0.1, 0.15) is 0 Å². The van der Waals surface area contributed by atoms with Gasteiger partial charge >= 0.3 is 0 Å². The van der Waals surface area contributed by atoms with Crippen LogP contribution in [0.1, 0.15) is 0 Å². The maximum Gasteiger partial charge on any atom is 0.160 e. The second-order valence-electron chi connectivity index (χ2n) is 1.68. The lowest BCUT2D eigenvalue weighted by molar-refractivity contribution is 0.862. The Bertz CT molecular complexity index is 155. The normalized spacial score (nSPS) is 32.2. The molecule has 1 heterocycles. The van der Waals surface area contributed by atoms with E-state index in [0.717, 1.165) is 11.9 Å². The van der Waals surface area contributed by atoms with Crippen molar-refractivity contribution < 1.29 is 0 Å². The highest BCUT2D eigenvalue weighted by Crippen LogP contribution is 2.24. The van der Waals surface area contributed by atoms with Crippen LogP contribution in [-0.4, -0.2) is 4.20 Å². The minimum absolute atomic E-state index is 0.408. The van der Waals surface area contributed by atoms with E-state index in [2.05, 4.69) is 17.9 Å². The molecule has 0 spiro atoms. The van der Waals surface area contributed by atoms with Crippen LogP contribution in [0.3, 0.4) is 0 Å². The number of hydrogen-bond acceptors (Lipinski definition) is 4. The molecular weight excluding hydrogens is 152 g/mol. The first-order valence-electron chi connectivity index (χ1n) is 2.49. The molecule has 1 atom stereocenters. The zero-order valence-electron chi connectivity index (χ0n) is 4.74. The van der Waals surface area contributed by atoms with Crippen LogP contribution in [-0.2, 0) is 0 Å². The Hall–Kier alpha value is -0.0600. The molecule has 3 N–H and O–H groups in total. The Labute approximate surface area is 64.1 Å². The molecule has 1 aliphatic rings. The lowest BCUT2D eigenvalue weighted by Gasteiger charge is -2.23. The number of rotatable bonds is 1. The van der Waals surface area contributed by atoms with Gasteiger partial charge in [0.05, 0.1) is 0 Å². The van der Waals surface area contributed by atoms with Crippen molar-refractivity contribution in [1.29, 1.82) is 0 Å². The molecule has 0 aromatic rings. The third-order valence-electron chi connectivity index (χ3n) is 0.999. The maximum atomic E-state index is 5.33. The van der Waals surface area contributed by atoms with Gasteiger partial charge in [-0.1, -0.05) is 6.08 Å². The van der Waals surface area contributed by atoms with Crippen molar-refractivity contribution in [3.63, 3.8) is 0 Å². The minimum Gasteiger partial charge on any atom is -0.364 e. The van der Waals surface area contributed by atoms with Gasteiger partial charge in [0.2, 0.25) is 0 Å². The van der Waals surface area contributed by atoms with Crippen molar-refractivity contribution >= 4 is 24.6 Å². The number of dihydropyridines is 1. The van der Waals surface area contributed by atoms with Crippen molar-refractivity contribution in [3.05, 3.63) is 24.4 Å². The van der Waals surface area contributed by atoms with Crippen LogP contribution in [0, 0.1) is 0 Å². The van der Waals surface area contributed by atoms with Gasteiger partial charge < -0.3 is 5.32 Å². The molecule has 0 amide bonds. The Balaban J connectivity index is 2.63. The van der Waals surface area contributed by atoms with Gasteiger partial charge in [-0.05, 0) is 30.3 Å². The number of allylic oxidation sites excluding steroid dienone is 2. The summed E-state index contributed by atoms with van der Waals surface area (Å²) in [5.74, 6) is 0. The van der Waals surface area contributed by atoms with Crippen molar-refractivity contribution in [2.24, 2.45) is 5.14 Å². The SMILES string of the molecule is NSC1(S)C=CC=CN1. The van der Waals surface area contributed by atoms with E-state index in [1.165, 1.54) is 0 Å². The van der Waals surface area contributed by atoms with E-state index >= 15 is 0 Å². The lowest BCUT2D eigenvalue weighted by Crippen LogP contribution is -2.33. The van der Waals surface area contributed by atoms with E-state index in [4.69, 9.17) is 5.14 Å². The topological polar surface area (TPSA) is 38.0 Å². The van der Waals surface area contributed by atoms with E-state index in [1.807, 2.05) is 24.4 Å². The fourth-order valence-electron chi connectivity index (χ4n) is 0.530. The average molecular weight is 160 g/mol. The number of thiol groups is 1. The number of hydrogen-bond donors (Lipinski definition) is 3. The number of nitrogens with one attached hydrogen (secondary N) is 1. The van der Waals surface area contributed by atoms with Crippen LogP contribution in [0.4, 0.5) is 0 Å². The summed E-state index contributed by atoms with van der Waals surface area (Å²) in [6, 6.07) is 0. The standard InChI is InChI=1S/C5H8N2S2/c6-9-5(8)3-1-2-4-7-5/h1-4,7-8H,6H2. The van der Waals surface area contributed by atoms with Crippen LogP contribution < -0.4 is 10.5 Å². The summed E-state index contributed by atoms with van der Waals surface area (Å²) in [7, 11) is 0. The van der Waals surface area contributed by atoms with Gasteiger partial charge in [-0.3, -0.25) is 5.14 Å². The Morgan fingerprint density at radius 1 is 1.56 bits per heavy atom. The molecule has 0 aromatic heterocycles. The molecule has 4 heteroatoms. The van der Waals surface area contributed by atoms with E-state index in [1.54, 1.807) is 0 Å². The summed E-state index contributed by atoms with van der Waals surface area (Å²) in [6.07, 6.45) is 7.50. The summed E-state index contributed by atoms with van der Waals surface area (Å²) in [5, 5.41) is 8.31. The summed E-state index contributed by atoms with van der Waals surface area (Å²) in [4.78, 5) is 0. The highest BCUT2D eigenvalue weighted by Gasteiger charge is 2.19. The van der Waals surface area contributed by atoms with Crippen molar-refractivity contribution in [2.45, 2.75) is 4.20 Å². The fourth-order valence-corrected chi connectivity index (χ4v) is 0.984. The molecule has 2 nitrogen and oxygen atoms in total. The Morgan fingerprint density at radius 2 is 2.33 bits per heavy atom. The summed E-state index contributed by atoms with van der Waals surface area (Å²) >= 11 is 5.40. The second kappa shape index (κ2) is 2.68. The third-order valence-corrected chi connectivity index (χ3v) is 2.21. The fraction of sp³-hybridized carbons (Fsp3) is 0.200. The molecule has 0 radical (unpaired) electrons. The molecule has 9 heavy (non-hydrogen) atoms. The van der Waals surface area contributed by atoms with Gasteiger partial charge in [0.15, 0.2) is 4.20 Å². The predicted molar refractivity (Wildman–Crippen MR) is 44.9 cm³/mol. The number of nitrogens with two attached hydrogens (primary N) is 1. The first kappa shape index (κ1) is 7.05. The molecule has 0 bridgehead atoms. The van der Waals surface area contributed by atoms with E-state index in [-0.39, 0.29) is 0 Å². The summed E-state index contributed by atoms with van der Waals surface area (Å²) in [5.41, 5.74) is 0. The monoisotopic (exact) mass is 160 g/mol. The van der Waals surface area contributed by atoms with Gasteiger partial charge in [0, 0.05) is 0 Å². The zero-order chi connectivity index (χ0) is 6.74. The van der Waals surface area contributed by atoms with E-state index in [0.29, 0.717) is 0 Å². The predicted octanol–water partition coefficient (Wildman–Crippen LogP) is 0.850. The van der Waals surface area contributed by atoms with Gasteiger partial charge in [-0.2, -0.15) is 0 Å². The highest BCUT2D eigenvalue weighted by atomic mass is 32.2. The Kier molecular flexibility index (Phi) is 2.10. The maximum absolute atomic E-state index is 5.33. The van der Waals surface area contributed by atoms with E-state index < -0.39 is 4.20 Å². The quantitative estimate of drug-likeness (QED) is 0.302. The summed E-state index contributed by atoms with van der Waals surface area (Å²) < 4.78 is -0.408. The largest absolute Gasteiger partial charge is 0.364 e. The van der Waals surface area contributed by atoms with Crippen LogP contribution >= 0.6 is 24.6 Å². The van der Waals surface area contributed by atoms with E-state index in [9.17, 15) is 0 Å². The molecular formula is C5H8N2S2. The molecule has 0 fully saturated rings. The molecule has 0 aliphatic carbocycles. The molecule has 1 unspecified atom stereocenters. The smallest absolute Gasteiger partial charge is 0.160 e. The van der Waals surface area contributed by atoms with Crippen molar-refractivity contribution in [2.75, 3.05) is 0 Å². The van der Waals surface area contributed by atoms with Crippen LogP contribution in [0.25, 0.3) is 0 Å². The van der Waals surface area contributed by atoms with Crippen molar-refractivity contribution in [3.8, 4) is 0 Å². The molecule has 1 aliphatic heterocycles. The first-order chi connectivity index (χ1) is 4.27. The summed E-state index contributed by atoms with van der Waals surface area (Å²) in [6.45, 7) is 0. The van der Waals surface area contributed by atoms with Crippen LogP contribution in [0.2, 0.25) is 0 Å². The van der Waals surface area contributed by atoms with Gasteiger partial charge in [-0.25, -0.2) is 0 Å². The minimum atomic E-state index is -0.408. The van der Waals surface area contributed by atoms with Crippen LogP contribution in [0.5, 0.6) is 0 Å². The molecule has 0 saturated carbocycles. The van der Waals surface area contributed by atoms with Crippen molar-refractivity contribution in [1.82, 2.24) is 5.32 Å². The molecule has 50 valence electrons. The van der Waals surface area contributed by atoms with Gasteiger partial charge in [-0.15, -0.1) is 12.6 Å². The molecule has 0 aromatic carbocycles.